The van der Waals surface area contributed by atoms with Gasteiger partial charge in [0, 0.05) is 24.8 Å². The number of aromatic nitrogens is 2. The molecule has 1 fully saturated rings. The SMILES string of the molecule is CCOc1ccc2nc(N(Cc3ccccn3)C(=O)C3CC(=O)N(c4ccc(F)cc4)C3)sc2c1. The number of hydrogen-bond acceptors (Lipinski definition) is 6. The van der Waals surface area contributed by atoms with Crippen LogP contribution in [0, 0.1) is 11.7 Å². The van der Waals surface area contributed by atoms with Crippen molar-refractivity contribution in [2.45, 2.75) is 19.9 Å². The summed E-state index contributed by atoms with van der Waals surface area (Å²) < 4.78 is 19.9. The zero-order valence-electron chi connectivity index (χ0n) is 19.1. The largest absolute Gasteiger partial charge is 0.494 e. The molecule has 1 unspecified atom stereocenters. The van der Waals surface area contributed by atoms with Gasteiger partial charge in [0.1, 0.15) is 11.6 Å². The predicted molar refractivity (Wildman–Crippen MR) is 133 cm³/mol. The minimum absolute atomic E-state index is 0.0777. The fraction of sp³-hybridized carbons (Fsp3) is 0.231. The van der Waals surface area contributed by atoms with Crippen LogP contribution in [0.3, 0.4) is 0 Å². The number of carbonyl (C=O) groups excluding carboxylic acids is 2. The smallest absolute Gasteiger partial charge is 0.234 e. The number of halogens is 1. The van der Waals surface area contributed by atoms with E-state index < -0.39 is 5.92 Å². The van der Waals surface area contributed by atoms with E-state index in [-0.39, 0.29) is 37.1 Å². The van der Waals surface area contributed by atoms with Crippen molar-refractivity contribution >= 4 is 44.2 Å². The Labute approximate surface area is 205 Å². The lowest BCUT2D eigenvalue weighted by Gasteiger charge is -2.23. The van der Waals surface area contributed by atoms with Crippen molar-refractivity contribution in [2.75, 3.05) is 23.0 Å². The van der Waals surface area contributed by atoms with Crippen molar-refractivity contribution in [1.82, 2.24) is 9.97 Å². The molecule has 1 atom stereocenters. The molecule has 2 aromatic heterocycles. The van der Waals surface area contributed by atoms with Crippen molar-refractivity contribution in [2.24, 2.45) is 5.92 Å². The Hall–Kier alpha value is -3.85. The van der Waals surface area contributed by atoms with Crippen LogP contribution in [0.15, 0.2) is 66.9 Å². The van der Waals surface area contributed by atoms with Gasteiger partial charge in [-0.2, -0.15) is 0 Å². The van der Waals surface area contributed by atoms with Crippen molar-refractivity contribution in [1.29, 1.82) is 0 Å². The fourth-order valence-electron chi connectivity index (χ4n) is 4.12. The van der Waals surface area contributed by atoms with Crippen LogP contribution in [0.1, 0.15) is 19.0 Å². The van der Waals surface area contributed by atoms with Gasteiger partial charge in [0.25, 0.3) is 0 Å². The van der Waals surface area contributed by atoms with Crippen LogP contribution in [0.2, 0.25) is 0 Å². The summed E-state index contributed by atoms with van der Waals surface area (Å²) in [4.78, 5) is 38.8. The van der Waals surface area contributed by atoms with Crippen LogP contribution in [0.4, 0.5) is 15.2 Å². The summed E-state index contributed by atoms with van der Waals surface area (Å²) >= 11 is 1.40. The molecule has 0 spiro atoms. The van der Waals surface area contributed by atoms with Crippen molar-refractivity contribution in [3.05, 3.63) is 78.4 Å². The van der Waals surface area contributed by atoms with E-state index in [1.54, 1.807) is 23.2 Å². The molecule has 0 aliphatic carbocycles. The number of benzene rings is 2. The third-order valence-corrected chi connectivity index (χ3v) is 6.86. The lowest BCUT2D eigenvalue weighted by Crippen LogP contribution is -2.37. The highest BCUT2D eigenvalue weighted by Crippen LogP contribution is 2.34. The molecule has 0 saturated carbocycles. The van der Waals surface area contributed by atoms with Gasteiger partial charge in [0.05, 0.1) is 35.0 Å². The Balaban J connectivity index is 1.45. The third-order valence-electron chi connectivity index (χ3n) is 5.82. The van der Waals surface area contributed by atoms with Gasteiger partial charge in [-0.15, -0.1) is 0 Å². The maximum atomic E-state index is 13.8. The van der Waals surface area contributed by atoms with E-state index in [9.17, 15) is 14.0 Å². The second kappa shape index (κ2) is 9.79. The summed E-state index contributed by atoms with van der Waals surface area (Å²) in [5, 5.41) is 0.539. The van der Waals surface area contributed by atoms with Gasteiger partial charge in [-0.1, -0.05) is 17.4 Å². The van der Waals surface area contributed by atoms with E-state index >= 15 is 0 Å². The third kappa shape index (κ3) is 4.85. The van der Waals surface area contributed by atoms with Crippen molar-refractivity contribution in [3.63, 3.8) is 0 Å². The molecule has 0 N–H and O–H groups in total. The highest BCUT2D eigenvalue weighted by molar-refractivity contribution is 7.22. The van der Waals surface area contributed by atoms with Gasteiger partial charge in [-0.05, 0) is 61.5 Å². The van der Waals surface area contributed by atoms with Crippen molar-refractivity contribution in [3.8, 4) is 5.75 Å². The van der Waals surface area contributed by atoms with Crippen LogP contribution in [-0.4, -0.2) is 34.9 Å². The molecule has 3 heterocycles. The molecule has 4 aromatic rings. The van der Waals surface area contributed by atoms with E-state index in [4.69, 9.17) is 9.72 Å². The first kappa shape index (κ1) is 22.9. The maximum Gasteiger partial charge on any atom is 0.234 e. The molecule has 178 valence electrons. The molecule has 2 aromatic carbocycles. The van der Waals surface area contributed by atoms with E-state index in [2.05, 4.69) is 4.98 Å². The van der Waals surface area contributed by atoms with Gasteiger partial charge in [-0.3, -0.25) is 19.5 Å². The van der Waals surface area contributed by atoms with Crippen LogP contribution in [0.25, 0.3) is 10.2 Å². The summed E-state index contributed by atoms with van der Waals surface area (Å²) in [5.74, 6) is -0.551. The lowest BCUT2D eigenvalue weighted by molar-refractivity contribution is -0.124. The standard InChI is InChI=1S/C26H23FN4O3S/c1-2-34-21-10-11-22-23(14-21)35-26(29-22)31(16-19-5-3-4-12-28-19)25(33)17-13-24(32)30(15-17)20-8-6-18(27)7-9-20/h3-12,14,17H,2,13,15-16H2,1H3. The van der Waals surface area contributed by atoms with Gasteiger partial charge >= 0.3 is 0 Å². The number of ether oxygens (including phenoxy) is 1. The minimum atomic E-state index is -0.553. The number of nitrogens with zero attached hydrogens (tertiary/aromatic N) is 4. The summed E-state index contributed by atoms with van der Waals surface area (Å²) in [7, 11) is 0. The Bertz CT molecular complexity index is 1360. The first-order valence-electron chi connectivity index (χ1n) is 11.3. The molecule has 0 radical (unpaired) electrons. The monoisotopic (exact) mass is 490 g/mol. The summed E-state index contributed by atoms with van der Waals surface area (Å²) in [6, 6.07) is 16.9. The second-order valence-corrected chi connectivity index (χ2v) is 9.20. The highest BCUT2D eigenvalue weighted by Gasteiger charge is 2.38. The number of amides is 2. The molecule has 1 aliphatic heterocycles. The average molecular weight is 491 g/mol. The Kier molecular flexibility index (Phi) is 6.41. The summed E-state index contributed by atoms with van der Waals surface area (Å²) in [6.45, 7) is 2.94. The maximum absolute atomic E-state index is 13.8. The number of fused-ring (bicyclic) bond motifs is 1. The fourth-order valence-corrected chi connectivity index (χ4v) is 5.12. The van der Waals surface area contributed by atoms with Crippen LogP contribution in [0.5, 0.6) is 5.75 Å². The van der Waals surface area contributed by atoms with E-state index in [1.165, 1.54) is 28.4 Å². The number of anilines is 2. The first-order chi connectivity index (χ1) is 17.0. The minimum Gasteiger partial charge on any atom is -0.494 e. The highest BCUT2D eigenvalue weighted by atomic mass is 32.1. The van der Waals surface area contributed by atoms with Gasteiger partial charge in [-0.25, -0.2) is 9.37 Å². The quantitative estimate of drug-likeness (QED) is 0.372. The predicted octanol–water partition coefficient (Wildman–Crippen LogP) is 4.82. The number of thiazole rings is 1. The number of pyridine rings is 1. The average Bonchev–Trinajstić information content (AvgIpc) is 3.47. The molecule has 2 amide bonds. The summed E-state index contributed by atoms with van der Waals surface area (Å²) in [6.07, 6.45) is 1.76. The molecule has 7 nitrogen and oxygen atoms in total. The molecule has 35 heavy (non-hydrogen) atoms. The Morgan fingerprint density at radius 3 is 2.77 bits per heavy atom. The van der Waals surface area contributed by atoms with E-state index in [0.29, 0.717) is 17.4 Å². The topological polar surface area (TPSA) is 75.6 Å². The molecule has 5 rings (SSSR count). The van der Waals surface area contributed by atoms with E-state index in [1.807, 2.05) is 43.3 Å². The number of rotatable bonds is 7. The molecular weight excluding hydrogens is 467 g/mol. The van der Waals surface area contributed by atoms with E-state index in [0.717, 1.165) is 21.7 Å². The van der Waals surface area contributed by atoms with Gasteiger partial charge in [0.15, 0.2) is 5.13 Å². The Morgan fingerprint density at radius 1 is 1.20 bits per heavy atom. The molecule has 9 heteroatoms. The van der Waals surface area contributed by atoms with Gasteiger partial charge < -0.3 is 9.64 Å². The number of carbonyl (C=O) groups is 2. The van der Waals surface area contributed by atoms with Crippen LogP contribution >= 0.6 is 11.3 Å². The molecule has 0 bridgehead atoms. The lowest BCUT2D eigenvalue weighted by atomic mass is 10.1. The number of hydrogen-bond donors (Lipinski definition) is 0. The molecular formula is C26H23FN4O3S. The van der Waals surface area contributed by atoms with Gasteiger partial charge in [0.2, 0.25) is 11.8 Å². The zero-order valence-corrected chi connectivity index (χ0v) is 19.9. The van der Waals surface area contributed by atoms with Crippen LogP contribution in [-0.2, 0) is 16.1 Å². The Morgan fingerprint density at radius 2 is 2.03 bits per heavy atom. The molecule has 1 aliphatic rings. The zero-order chi connectivity index (χ0) is 24.4. The second-order valence-electron chi connectivity index (χ2n) is 8.19. The summed E-state index contributed by atoms with van der Waals surface area (Å²) in [5.41, 5.74) is 2.06. The normalized spacial score (nSPS) is 15.5. The first-order valence-corrected chi connectivity index (χ1v) is 12.1. The van der Waals surface area contributed by atoms with Crippen LogP contribution < -0.4 is 14.5 Å². The molecule has 1 saturated heterocycles. The van der Waals surface area contributed by atoms with Crippen molar-refractivity contribution < 1.29 is 18.7 Å².